The van der Waals surface area contributed by atoms with Crippen LogP contribution in [-0.2, 0) is 11.2 Å². The van der Waals surface area contributed by atoms with Gasteiger partial charge >= 0.3 is 0 Å². The predicted octanol–water partition coefficient (Wildman–Crippen LogP) is 3.96. The van der Waals surface area contributed by atoms with Crippen LogP contribution in [0.5, 0.6) is 0 Å². The van der Waals surface area contributed by atoms with Gasteiger partial charge in [-0.25, -0.2) is 4.98 Å². The molecule has 0 aliphatic carbocycles. The molecule has 142 valence electrons. The highest BCUT2D eigenvalue weighted by Gasteiger charge is 2.20. The van der Waals surface area contributed by atoms with E-state index in [0.29, 0.717) is 28.1 Å². The molecule has 28 heavy (non-hydrogen) atoms. The Morgan fingerprint density at radius 1 is 1.32 bits per heavy atom. The van der Waals surface area contributed by atoms with Crippen LogP contribution in [0.1, 0.15) is 15.2 Å². The van der Waals surface area contributed by atoms with Crippen molar-refractivity contribution in [1.29, 1.82) is 0 Å². The summed E-state index contributed by atoms with van der Waals surface area (Å²) in [5.41, 5.74) is 6.96. The van der Waals surface area contributed by atoms with Crippen LogP contribution >= 0.6 is 22.9 Å². The minimum absolute atomic E-state index is 0.116. The maximum atomic E-state index is 11.8. The zero-order valence-electron chi connectivity index (χ0n) is 14.2. The summed E-state index contributed by atoms with van der Waals surface area (Å²) in [7, 11) is 0. The zero-order chi connectivity index (χ0) is 20.3. The van der Waals surface area contributed by atoms with Gasteiger partial charge in [0.25, 0.3) is 11.6 Å². The molecule has 0 unspecified atom stereocenters. The molecule has 10 heteroatoms. The Kier molecular flexibility index (Phi) is 5.67. The van der Waals surface area contributed by atoms with Crippen molar-refractivity contribution in [2.45, 2.75) is 6.42 Å². The Hall–Kier alpha value is -3.30. The Morgan fingerprint density at radius 3 is 2.75 bits per heavy atom. The highest BCUT2D eigenvalue weighted by atomic mass is 35.5. The van der Waals surface area contributed by atoms with Crippen LogP contribution in [0.4, 0.5) is 16.5 Å². The van der Waals surface area contributed by atoms with Gasteiger partial charge in [0.05, 0.1) is 10.6 Å². The number of halogens is 1. The van der Waals surface area contributed by atoms with E-state index in [1.54, 1.807) is 24.3 Å². The van der Waals surface area contributed by atoms with Gasteiger partial charge in [0.2, 0.25) is 0 Å². The normalized spacial score (nSPS) is 10.5. The fourth-order valence-electron chi connectivity index (χ4n) is 2.55. The molecule has 0 spiro atoms. The third-order valence-electron chi connectivity index (χ3n) is 3.77. The number of benzene rings is 2. The lowest BCUT2D eigenvalue weighted by atomic mass is 10.1. The first kappa shape index (κ1) is 19.5. The van der Waals surface area contributed by atoms with Gasteiger partial charge in [-0.3, -0.25) is 14.9 Å². The number of carbonyl (C=O) groups excluding carboxylic acids is 2. The standard InChI is InChI=1S/C18H13ClN4O4S/c19-12-3-1-2-11(9-12)15-16(17(20)25)28-18(22-15)21-13-8-10(6-7-24)4-5-14(13)23(26)27/h1-5,7-9H,6H2,(H2,20,25)(H,21,22). The van der Waals surface area contributed by atoms with Crippen LogP contribution < -0.4 is 11.1 Å². The Balaban J connectivity index is 2.05. The predicted molar refractivity (Wildman–Crippen MR) is 107 cm³/mol. The van der Waals surface area contributed by atoms with E-state index >= 15 is 0 Å². The van der Waals surface area contributed by atoms with Crippen LogP contribution in [0, 0.1) is 10.1 Å². The number of aromatic nitrogens is 1. The first-order valence-corrected chi connectivity index (χ1v) is 9.13. The second-order valence-electron chi connectivity index (χ2n) is 5.68. The number of amides is 1. The van der Waals surface area contributed by atoms with E-state index in [0.717, 1.165) is 11.3 Å². The molecule has 1 aromatic heterocycles. The summed E-state index contributed by atoms with van der Waals surface area (Å²) in [5.74, 6) is -0.676. The van der Waals surface area contributed by atoms with Crippen molar-refractivity contribution in [2.24, 2.45) is 5.73 Å². The van der Waals surface area contributed by atoms with Crippen LogP contribution in [0.2, 0.25) is 5.02 Å². The number of thiazole rings is 1. The smallest absolute Gasteiger partial charge is 0.292 e. The third-order valence-corrected chi connectivity index (χ3v) is 4.99. The molecule has 0 aliphatic rings. The topological polar surface area (TPSA) is 128 Å². The molecular formula is C18H13ClN4O4S. The van der Waals surface area contributed by atoms with Gasteiger partial charge in [0, 0.05) is 23.1 Å². The maximum absolute atomic E-state index is 11.8. The van der Waals surface area contributed by atoms with Gasteiger partial charge in [0.1, 0.15) is 16.9 Å². The quantitative estimate of drug-likeness (QED) is 0.341. The highest BCUT2D eigenvalue weighted by molar-refractivity contribution is 7.18. The Bertz CT molecular complexity index is 1080. The summed E-state index contributed by atoms with van der Waals surface area (Å²) in [6.07, 6.45) is 0.821. The van der Waals surface area contributed by atoms with Crippen molar-refractivity contribution in [2.75, 3.05) is 5.32 Å². The maximum Gasteiger partial charge on any atom is 0.292 e. The van der Waals surface area contributed by atoms with Crippen molar-refractivity contribution in [3.8, 4) is 11.3 Å². The molecule has 8 nitrogen and oxygen atoms in total. The monoisotopic (exact) mass is 416 g/mol. The molecule has 3 aromatic rings. The summed E-state index contributed by atoms with van der Waals surface area (Å²) in [5, 5.41) is 14.9. The number of nitro benzene ring substituents is 1. The number of nitrogens with one attached hydrogen (secondary N) is 1. The lowest BCUT2D eigenvalue weighted by molar-refractivity contribution is -0.383. The van der Waals surface area contributed by atoms with Gasteiger partial charge in [0.15, 0.2) is 5.13 Å². The lowest BCUT2D eigenvalue weighted by Crippen LogP contribution is -2.10. The number of carbonyl (C=O) groups is 2. The van der Waals surface area contributed by atoms with Gasteiger partial charge < -0.3 is 15.8 Å². The van der Waals surface area contributed by atoms with Gasteiger partial charge in [-0.1, -0.05) is 41.1 Å². The van der Waals surface area contributed by atoms with Crippen molar-refractivity contribution in [1.82, 2.24) is 4.98 Å². The van der Waals surface area contributed by atoms with Crippen molar-refractivity contribution in [3.05, 3.63) is 68.0 Å². The van der Waals surface area contributed by atoms with Gasteiger partial charge in [-0.2, -0.15) is 0 Å². The Labute approximate surface area is 168 Å². The molecule has 2 aromatic carbocycles. The summed E-state index contributed by atoms with van der Waals surface area (Å²) in [6, 6.07) is 11.1. The number of hydrogen-bond acceptors (Lipinski definition) is 7. The molecule has 0 bridgehead atoms. The zero-order valence-corrected chi connectivity index (χ0v) is 15.8. The molecule has 0 radical (unpaired) electrons. The SMILES string of the molecule is NC(=O)c1sc(Nc2cc(CC=O)ccc2[N+](=O)[O-])nc1-c1cccc(Cl)c1. The second kappa shape index (κ2) is 8.15. The second-order valence-corrected chi connectivity index (χ2v) is 7.11. The molecule has 0 atom stereocenters. The third kappa shape index (κ3) is 4.16. The molecule has 3 N–H and O–H groups in total. The minimum Gasteiger partial charge on any atom is -0.365 e. The molecule has 0 aliphatic heterocycles. The fraction of sp³-hybridized carbons (Fsp3) is 0.0556. The average Bonchev–Trinajstić information content (AvgIpc) is 3.06. The van der Waals surface area contributed by atoms with Crippen molar-refractivity contribution < 1.29 is 14.5 Å². The summed E-state index contributed by atoms with van der Waals surface area (Å²) in [6.45, 7) is 0. The van der Waals surface area contributed by atoms with Crippen LogP contribution in [-0.4, -0.2) is 22.1 Å². The number of nitro groups is 1. The molecule has 0 saturated carbocycles. The Morgan fingerprint density at radius 2 is 2.11 bits per heavy atom. The largest absolute Gasteiger partial charge is 0.365 e. The number of aldehydes is 1. The first-order chi connectivity index (χ1) is 13.4. The number of anilines is 2. The summed E-state index contributed by atoms with van der Waals surface area (Å²) >= 11 is 6.98. The number of nitrogens with two attached hydrogens (primary N) is 1. The van der Waals surface area contributed by atoms with Crippen LogP contribution in [0.25, 0.3) is 11.3 Å². The summed E-state index contributed by atoms with van der Waals surface area (Å²) < 4.78 is 0. The van der Waals surface area contributed by atoms with Gasteiger partial charge in [-0.05, 0) is 23.8 Å². The lowest BCUT2D eigenvalue weighted by Gasteiger charge is -2.06. The van der Waals surface area contributed by atoms with Crippen LogP contribution in [0.3, 0.4) is 0 Å². The molecular weight excluding hydrogens is 404 g/mol. The van der Waals surface area contributed by atoms with E-state index < -0.39 is 10.8 Å². The van der Waals surface area contributed by atoms with E-state index in [4.69, 9.17) is 17.3 Å². The summed E-state index contributed by atoms with van der Waals surface area (Å²) in [4.78, 5) is 37.9. The van der Waals surface area contributed by atoms with Crippen molar-refractivity contribution in [3.63, 3.8) is 0 Å². The number of nitrogens with zero attached hydrogens (tertiary/aromatic N) is 2. The highest BCUT2D eigenvalue weighted by Crippen LogP contribution is 2.35. The molecule has 3 rings (SSSR count). The number of rotatable bonds is 7. The van der Waals surface area contributed by atoms with Crippen molar-refractivity contribution >= 4 is 51.6 Å². The first-order valence-electron chi connectivity index (χ1n) is 7.93. The molecule has 1 amide bonds. The minimum atomic E-state index is -0.676. The molecule has 1 heterocycles. The molecule has 0 saturated heterocycles. The fourth-order valence-corrected chi connectivity index (χ4v) is 3.60. The molecule has 0 fully saturated rings. The van der Waals surface area contributed by atoms with Gasteiger partial charge in [-0.15, -0.1) is 0 Å². The van der Waals surface area contributed by atoms with E-state index in [2.05, 4.69) is 10.3 Å². The van der Waals surface area contributed by atoms with Crippen LogP contribution in [0.15, 0.2) is 42.5 Å². The number of primary amides is 1. The van der Waals surface area contributed by atoms with E-state index in [9.17, 15) is 19.7 Å². The average molecular weight is 417 g/mol. The van der Waals surface area contributed by atoms with E-state index in [1.165, 1.54) is 18.2 Å². The van der Waals surface area contributed by atoms with E-state index in [-0.39, 0.29) is 27.8 Å². The van der Waals surface area contributed by atoms with E-state index in [1.807, 2.05) is 0 Å². The number of hydrogen-bond donors (Lipinski definition) is 2.